The number of hydrogen-bond acceptors (Lipinski definition) is 3. The van der Waals surface area contributed by atoms with Crippen LogP contribution in [0.3, 0.4) is 0 Å². The summed E-state index contributed by atoms with van der Waals surface area (Å²) >= 11 is 0. The van der Waals surface area contributed by atoms with Gasteiger partial charge in [0.25, 0.3) is 5.91 Å². The van der Waals surface area contributed by atoms with Gasteiger partial charge in [0.2, 0.25) is 0 Å². The summed E-state index contributed by atoms with van der Waals surface area (Å²) in [7, 11) is 1.72. The maximum absolute atomic E-state index is 11.8. The maximum Gasteiger partial charge on any atom is 0.256 e. The standard InChI is InChI=1S/C11H17NO3/c1-8(13)4-5-12(3)11(14)10-6-9(2)15-7-10/h6-8,13H,4-5H2,1-3H3. The fourth-order valence-electron chi connectivity index (χ4n) is 1.26. The number of aryl methyl sites for hydroxylation is 1. The third kappa shape index (κ3) is 3.40. The normalized spacial score (nSPS) is 12.5. The van der Waals surface area contributed by atoms with E-state index in [0.29, 0.717) is 18.5 Å². The summed E-state index contributed by atoms with van der Waals surface area (Å²) in [6, 6.07) is 1.71. The van der Waals surface area contributed by atoms with Crippen LogP contribution in [0, 0.1) is 6.92 Å². The lowest BCUT2D eigenvalue weighted by Gasteiger charge is -2.16. The molecule has 4 heteroatoms. The van der Waals surface area contributed by atoms with Crippen molar-refractivity contribution >= 4 is 5.91 Å². The molecular weight excluding hydrogens is 194 g/mol. The summed E-state index contributed by atoms with van der Waals surface area (Å²) in [5, 5.41) is 9.10. The van der Waals surface area contributed by atoms with Crippen LogP contribution in [0.5, 0.6) is 0 Å². The molecule has 1 rings (SSSR count). The molecular formula is C11H17NO3. The molecule has 1 heterocycles. The Bertz CT molecular complexity index is 330. The zero-order valence-electron chi connectivity index (χ0n) is 9.36. The summed E-state index contributed by atoms with van der Waals surface area (Å²) in [6.45, 7) is 4.05. The van der Waals surface area contributed by atoms with Crippen molar-refractivity contribution in [2.24, 2.45) is 0 Å². The Balaban J connectivity index is 2.53. The smallest absolute Gasteiger partial charge is 0.256 e. The summed E-state index contributed by atoms with van der Waals surface area (Å²) in [5.74, 6) is 0.648. The van der Waals surface area contributed by atoms with Gasteiger partial charge in [-0.2, -0.15) is 0 Å². The predicted molar refractivity (Wildman–Crippen MR) is 56.7 cm³/mol. The van der Waals surface area contributed by atoms with E-state index in [-0.39, 0.29) is 12.0 Å². The number of aliphatic hydroxyl groups is 1. The van der Waals surface area contributed by atoms with E-state index in [9.17, 15) is 4.79 Å². The molecule has 0 radical (unpaired) electrons. The van der Waals surface area contributed by atoms with E-state index in [1.165, 1.54) is 6.26 Å². The lowest BCUT2D eigenvalue weighted by atomic mass is 10.2. The van der Waals surface area contributed by atoms with Crippen molar-refractivity contribution in [1.82, 2.24) is 4.90 Å². The van der Waals surface area contributed by atoms with Crippen molar-refractivity contribution in [2.45, 2.75) is 26.4 Å². The molecule has 0 saturated carbocycles. The first-order chi connectivity index (χ1) is 7.00. The number of carbonyl (C=O) groups is 1. The van der Waals surface area contributed by atoms with Gasteiger partial charge in [-0.15, -0.1) is 0 Å². The van der Waals surface area contributed by atoms with Gasteiger partial charge in [-0.05, 0) is 26.3 Å². The average molecular weight is 211 g/mol. The first-order valence-corrected chi connectivity index (χ1v) is 4.99. The van der Waals surface area contributed by atoms with Crippen molar-refractivity contribution in [3.05, 3.63) is 23.7 Å². The minimum Gasteiger partial charge on any atom is -0.469 e. The molecule has 0 aliphatic heterocycles. The fraction of sp³-hybridized carbons (Fsp3) is 0.545. The van der Waals surface area contributed by atoms with Gasteiger partial charge in [-0.25, -0.2) is 0 Å². The zero-order chi connectivity index (χ0) is 11.4. The number of aliphatic hydroxyl groups excluding tert-OH is 1. The van der Waals surface area contributed by atoms with Gasteiger partial charge in [0.1, 0.15) is 12.0 Å². The average Bonchev–Trinajstić information content (AvgIpc) is 2.60. The molecule has 0 aliphatic rings. The molecule has 0 fully saturated rings. The molecule has 4 nitrogen and oxygen atoms in total. The second-order valence-electron chi connectivity index (χ2n) is 3.81. The highest BCUT2D eigenvalue weighted by atomic mass is 16.3. The van der Waals surface area contributed by atoms with Crippen LogP contribution in [-0.4, -0.2) is 35.6 Å². The summed E-state index contributed by atoms with van der Waals surface area (Å²) in [6.07, 6.45) is 1.65. The van der Waals surface area contributed by atoms with Crippen molar-refractivity contribution in [3.63, 3.8) is 0 Å². The van der Waals surface area contributed by atoms with Crippen molar-refractivity contribution < 1.29 is 14.3 Å². The minimum absolute atomic E-state index is 0.0764. The Morgan fingerprint density at radius 1 is 1.67 bits per heavy atom. The largest absolute Gasteiger partial charge is 0.469 e. The van der Waals surface area contributed by atoms with Crippen LogP contribution in [0.1, 0.15) is 29.5 Å². The third-order valence-corrected chi connectivity index (χ3v) is 2.21. The number of rotatable bonds is 4. The second-order valence-corrected chi connectivity index (χ2v) is 3.81. The molecule has 0 aromatic carbocycles. The lowest BCUT2D eigenvalue weighted by Crippen LogP contribution is -2.29. The summed E-state index contributed by atoms with van der Waals surface area (Å²) in [4.78, 5) is 13.3. The van der Waals surface area contributed by atoms with Gasteiger partial charge in [0, 0.05) is 13.6 Å². The molecule has 1 amide bonds. The number of carbonyl (C=O) groups excluding carboxylic acids is 1. The van der Waals surface area contributed by atoms with Crippen LogP contribution in [-0.2, 0) is 0 Å². The Morgan fingerprint density at radius 2 is 2.33 bits per heavy atom. The Kier molecular flexibility index (Phi) is 3.91. The Labute approximate surface area is 89.5 Å². The van der Waals surface area contributed by atoms with Crippen molar-refractivity contribution in [2.75, 3.05) is 13.6 Å². The van der Waals surface area contributed by atoms with E-state index in [1.54, 1.807) is 31.9 Å². The predicted octanol–water partition coefficient (Wildman–Crippen LogP) is 1.43. The Hall–Kier alpha value is -1.29. The molecule has 1 aromatic rings. The van der Waals surface area contributed by atoms with E-state index in [0.717, 1.165) is 5.76 Å². The van der Waals surface area contributed by atoms with Crippen LogP contribution < -0.4 is 0 Å². The molecule has 1 N–H and O–H groups in total. The van der Waals surface area contributed by atoms with E-state index in [4.69, 9.17) is 9.52 Å². The monoisotopic (exact) mass is 211 g/mol. The second kappa shape index (κ2) is 4.98. The molecule has 0 spiro atoms. The third-order valence-electron chi connectivity index (χ3n) is 2.21. The molecule has 1 unspecified atom stereocenters. The van der Waals surface area contributed by atoms with Gasteiger partial charge in [-0.3, -0.25) is 4.79 Å². The first kappa shape index (κ1) is 11.8. The van der Waals surface area contributed by atoms with Gasteiger partial charge in [0.05, 0.1) is 11.7 Å². The number of furan rings is 1. The fourth-order valence-corrected chi connectivity index (χ4v) is 1.26. The number of nitrogens with zero attached hydrogens (tertiary/aromatic N) is 1. The zero-order valence-corrected chi connectivity index (χ0v) is 9.36. The quantitative estimate of drug-likeness (QED) is 0.819. The van der Waals surface area contributed by atoms with Gasteiger partial charge in [0.15, 0.2) is 0 Å². The van der Waals surface area contributed by atoms with Gasteiger partial charge in [-0.1, -0.05) is 0 Å². The van der Waals surface area contributed by atoms with E-state index >= 15 is 0 Å². The van der Waals surface area contributed by atoms with Gasteiger partial charge >= 0.3 is 0 Å². The van der Waals surface area contributed by atoms with Crippen molar-refractivity contribution in [1.29, 1.82) is 0 Å². The topological polar surface area (TPSA) is 53.7 Å². The summed E-state index contributed by atoms with van der Waals surface area (Å²) < 4.78 is 5.06. The van der Waals surface area contributed by atoms with E-state index in [1.807, 2.05) is 0 Å². The van der Waals surface area contributed by atoms with E-state index in [2.05, 4.69) is 0 Å². The molecule has 1 atom stereocenters. The highest BCUT2D eigenvalue weighted by Crippen LogP contribution is 2.09. The van der Waals surface area contributed by atoms with Gasteiger partial charge < -0.3 is 14.4 Å². The molecule has 0 aliphatic carbocycles. The van der Waals surface area contributed by atoms with Crippen LogP contribution in [0.25, 0.3) is 0 Å². The van der Waals surface area contributed by atoms with Crippen LogP contribution in [0.2, 0.25) is 0 Å². The lowest BCUT2D eigenvalue weighted by molar-refractivity contribution is 0.0768. The molecule has 0 saturated heterocycles. The number of hydrogen-bond donors (Lipinski definition) is 1. The molecule has 84 valence electrons. The Morgan fingerprint density at radius 3 is 2.80 bits per heavy atom. The SMILES string of the molecule is Cc1cc(C(=O)N(C)CCC(C)O)co1. The first-order valence-electron chi connectivity index (χ1n) is 4.99. The molecule has 15 heavy (non-hydrogen) atoms. The maximum atomic E-state index is 11.8. The molecule has 0 bridgehead atoms. The minimum atomic E-state index is -0.383. The highest BCUT2D eigenvalue weighted by Gasteiger charge is 2.13. The van der Waals surface area contributed by atoms with Crippen LogP contribution in [0.4, 0.5) is 0 Å². The van der Waals surface area contributed by atoms with Crippen LogP contribution >= 0.6 is 0 Å². The van der Waals surface area contributed by atoms with Crippen LogP contribution in [0.15, 0.2) is 16.7 Å². The number of amides is 1. The van der Waals surface area contributed by atoms with E-state index < -0.39 is 0 Å². The van der Waals surface area contributed by atoms with Crippen molar-refractivity contribution in [3.8, 4) is 0 Å². The summed E-state index contributed by atoms with van der Waals surface area (Å²) in [5.41, 5.74) is 0.556. The highest BCUT2D eigenvalue weighted by molar-refractivity contribution is 5.93. The molecule has 1 aromatic heterocycles.